The molecule has 1 saturated carbocycles. The second kappa shape index (κ2) is 5.91. The Morgan fingerprint density at radius 2 is 2.35 bits per heavy atom. The SMILES string of the molecule is CC(C)c1nn(C)c2sc(C(=O)NC3CCCC3(C)CO)cc12. The minimum atomic E-state index is -0.197. The van der Waals surface area contributed by atoms with Crippen molar-refractivity contribution >= 4 is 27.5 Å². The third kappa shape index (κ3) is 2.78. The zero-order valence-corrected chi connectivity index (χ0v) is 15.0. The number of nitrogens with zero attached hydrogens (tertiary/aromatic N) is 2. The molecule has 2 N–H and O–H groups in total. The minimum absolute atomic E-state index is 0.0347. The molecule has 1 aliphatic rings. The molecule has 0 radical (unpaired) electrons. The second-order valence-electron chi connectivity index (χ2n) is 7.22. The van der Waals surface area contributed by atoms with Crippen LogP contribution in [0.4, 0.5) is 0 Å². The van der Waals surface area contributed by atoms with Crippen LogP contribution in [0.1, 0.15) is 61.3 Å². The summed E-state index contributed by atoms with van der Waals surface area (Å²) in [5, 5.41) is 18.4. The van der Waals surface area contributed by atoms with Gasteiger partial charge in [0, 0.05) is 23.9 Å². The number of nitrogens with one attached hydrogen (secondary N) is 1. The molecular formula is C17H25N3O2S. The molecule has 23 heavy (non-hydrogen) atoms. The van der Waals surface area contributed by atoms with Crippen LogP contribution in [0, 0.1) is 5.41 Å². The van der Waals surface area contributed by atoms with Gasteiger partial charge in [-0.15, -0.1) is 11.3 Å². The predicted octanol–water partition coefficient (Wildman–Crippen LogP) is 3.04. The molecule has 1 amide bonds. The maximum Gasteiger partial charge on any atom is 0.261 e. The number of rotatable bonds is 4. The van der Waals surface area contributed by atoms with Crippen molar-refractivity contribution in [2.24, 2.45) is 12.5 Å². The lowest BCUT2D eigenvalue weighted by molar-refractivity contribution is 0.0834. The summed E-state index contributed by atoms with van der Waals surface area (Å²) in [6, 6.07) is 2.01. The molecule has 1 fully saturated rings. The molecule has 2 heterocycles. The number of aryl methyl sites for hydroxylation is 1. The summed E-state index contributed by atoms with van der Waals surface area (Å²) in [7, 11) is 1.92. The van der Waals surface area contributed by atoms with E-state index in [1.807, 2.05) is 17.8 Å². The average Bonchev–Trinajstić information content (AvgIpc) is 3.16. The van der Waals surface area contributed by atoms with Gasteiger partial charge in [-0.3, -0.25) is 9.48 Å². The number of hydrogen-bond acceptors (Lipinski definition) is 4. The quantitative estimate of drug-likeness (QED) is 0.902. The number of aromatic nitrogens is 2. The van der Waals surface area contributed by atoms with E-state index >= 15 is 0 Å². The van der Waals surface area contributed by atoms with E-state index in [2.05, 4.69) is 31.2 Å². The van der Waals surface area contributed by atoms with Gasteiger partial charge in [-0.2, -0.15) is 5.10 Å². The molecule has 0 spiro atoms. The van der Waals surface area contributed by atoms with Gasteiger partial charge in [-0.05, 0) is 24.8 Å². The molecule has 0 saturated heterocycles. The number of thiophene rings is 1. The molecule has 5 nitrogen and oxygen atoms in total. The van der Waals surface area contributed by atoms with Crippen LogP contribution in [0.2, 0.25) is 0 Å². The summed E-state index contributed by atoms with van der Waals surface area (Å²) >= 11 is 1.49. The molecule has 1 aliphatic carbocycles. The molecule has 2 aromatic rings. The largest absolute Gasteiger partial charge is 0.396 e. The first-order valence-corrected chi connectivity index (χ1v) is 9.05. The van der Waals surface area contributed by atoms with E-state index in [1.165, 1.54) is 11.3 Å². The van der Waals surface area contributed by atoms with Gasteiger partial charge in [0.2, 0.25) is 0 Å². The van der Waals surface area contributed by atoms with Crippen LogP contribution in [-0.4, -0.2) is 33.4 Å². The Morgan fingerprint density at radius 3 is 3.00 bits per heavy atom. The smallest absolute Gasteiger partial charge is 0.261 e. The van der Waals surface area contributed by atoms with Crippen molar-refractivity contribution in [1.29, 1.82) is 0 Å². The van der Waals surface area contributed by atoms with Crippen LogP contribution in [0.3, 0.4) is 0 Å². The van der Waals surface area contributed by atoms with Gasteiger partial charge in [0.1, 0.15) is 4.83 Å². The minimum Gasteiger partial charge on any atom is -0.396 e. The van der Waals surface area contributed by atoms with E-state index in [-0.39, 0.29) is 24.0 Å². The summed E-state index contributed by atoms with van der Waals surface area (Å²) < 4.78 is 1.86. The zero-order valence-electron chi connectivity index (χ0n) is 14.2. The summed E-state index contributed by atoms with van der Waals surface area (Å²) in [4.78, 5) is 14.4. The van der Waals surface area contributed by atoms with E-state index < -0.39 is 0 Å². The topological polar surface area (TPSA) is 67.2 Å². The molecule has 2 atom stereocenters. The first kappa shape index (κ1) is 16.5. The Hall–Kier alpha value is -1.40. The van der Waals surface area contributed by atoms with Crippen molar-refractivity contribution in [2.45, 2.75) is 52.0 Å². The Morgan fingerprint density at radius 1 is 1.61 bits per heavy atom. The highest BCUT2D eigenvalue weighted by Gasteiger charge is 2.39. The van der Waals surface area contributed by atoms with Crippen LogP contribution < -0.4 is 5.32 Å². The Labute approximate surface area is 140 Å². The van der Waals surface area contributed by atoms with Crippen molar-refractivity contribution in [2.75, 3.05) is 6.61 Å². The van der Waals surface area contributed by atoms with Crippen LogP contribution in [-0.2, 0) is 7.05 Å². The number of carbonyl (C=O) groups is 1. The molecule has 2 unspecified atom stereocenters. The fourth-order valence-corrected chi connectivity index (χ4v) is 4.49. The Kier molecular flexibility index (Phi) is 4.23. The number of amides is 1. The second-order valence-corrected chi connectivity index (χ2v) is 8.25. The van der Waals surface area contributed by atoms with Gasteiger partial charge in [0.15, 0.2) is 0 Å². The highest BCUT2D eigenvalue weighted by Crippen LogP contribution is 2.38. The fourth-order valence-electron chi connectivity index (χ4n) is 3.50. The summed E-state index contributed by atoms with van der Waals surface area (Å²) in [6.45, 7) is 6.40. The third-order valence-electron chi connectivity index (χ3n) is 5.06. The highest BCUT2D eigenvalue weighted by molar-refractivity contribution is 7.20. The molecule has 0 bridgehead atoms. The maximum atomic E-state index is 12.7. The number of aliphatic hydroxyl groups is 1. The van der Waals surface area contributed by atoms with E-state index in [0.29, 0.717) is 5.92 Å². The maximum absolute atomic E-state index is 12.7. The molecule has 0 aromatic carbocycles. The fraction of sp³-hybridized carbons (Fsp3) is 0.647. The van der Waals surface area contributed by atoms with Crippen LogP contribution in [0.25, 0.3) is 10.2 Å². The van der Waals surface area contributed by atoms with Crippen molar-refractivity contribution < 1.29 is 9.90 Å². The molecule has 3 rings (SSSR count). The lowest BCUT2D eigenvalue weighted by Gasteiger charge is -2.29. The average molecular weight is 335 g/mol. The first-order chi connectivity index (χ1) is 10.9. The van der Waals surface area contributed by atoms with Crippen molar-refractivity contribution in [1.82, 2.24) is 15.1 Å². The Balaban J connectivity index is 1.86. The van der Waals surface area contributed by atoms with Crippen LogP contribution in [0.15, 0.2) is 6.07 Å². The van der Waals surface area contributed by atoms with E-state index in [1.54, 1.807) is 0 Å². The van der Waals surface area contributed by atoms with Crippen molar-refractivity contribution in [3.8, 4) is 0 Å². The van der Waals surface area contributed by atoms with E-state index in [0.717, 1.165) is 40.1 Å². The lowest BCUT2D eigenvalue weighted by Crippen LogP contribution is -2.44. The monoisotopic (exact) mass is 335 g/mol. The predicted molar refractivity (Wildman–Crippen MR) is 93.0 cm³/mol. The van der Waals surface area contributed by atoms with E-state index in [4.69, 9.17) is 0 Å². The molecular weight excluding hydrogens is 310 g/mol. The standard InChI is InChI=1S/C17H25N3O2S/c1-10(2)14-11-8-12(23-16(11)20(4)19-14)15(22)18-13-6-5-7-17(13,3)9-21/h8,10,13,21H,5-7,9H2,1-4H3,(H,18,22). The van der Waals surface area contributed by atoms with Crippen molar-refractivity contribution in [3.05, 3.63) is 16.6 Å². The van der Waals surface area contributed by atoms with Gasteiger partial charge in [-0.25, -0.2) is 0 Å². The molecule has 6 heteroatoms. The number of carbonyl (C=O) groups excluding carboxylic acids is 1. The normalized spacial score (nSPS) is 24.7. The summed E-state index contributed by atoms with van der Waals surface area (Å²) in [5.74, 6) is 0.296. The highest BCUT2D eigenvalue weighted by atomic mass is 32.1. The van der Waals surface area contributed by atoms with Gasteiger partial charge < -0.3 is 10.4 Å². The summed E-state index contributed by atoms with van der Waals surface area (Å²) in [6.07, 6.45) is 2.95. The lowest BCUT2D eigenvalue weighted by atomic mass is 9.86. The number of hydrogen-bond donors (Lipinski definition) is 2. The van der Waals surface area contributed by atoms with E-state index in [9.17, 15) is 9.90 Å². The van der Waals surface area contributed by atoms with Crippen LogP contribution in [0.5, 0.6) is 0 Å². The van der Waals surface area contributed by atoms with Gasteiger partial charge in [0.25, 0.3) is 5.91 Å². The van der Waals surface area contributed by atoms with Gasteiger partial charge >= 0.3 is 0 Å². The van der Waals surface area contributed by atoms with Crippen LogP contribution >= 0.6 is 11.3 Å². The van der Waals surface area contributed by atoms with Gasteiger partial charge in [0.05, 0.1) is 17.2 Å². The van der Waals surface area contributed by atoms with Crippen molar-refractivity contribution in [3.63, 3.8) is 0 Å². The summed E-state index contributed by atoms with van der Waals surface area (Å²) in [5.41, 5.74) is 0.843. The number of fused-ring (bicyclic) bond motifs is 1. The number of aliphatic hydroxyl groups excluding tert-OH is 1. The molecule has 2 aromatic heterocycles. The third-order valence-corrected chi connectivity index (χ3v) is 6.26. The zero-order chi connectivity index (χ0) is 16.8. The van der Waals surface area contributed by atoms with Gasteiger partial charge in [-0.1, -0.05) is 27.2 Å². The Bertz CT molecular complexity index is 734. The molecule has 126 valence electrons. The first-order valence-electron chi connectivity index (χ1n) is 8.24. The molecule has 0 aliphatic heterocycles.